The minimum atomic E-state index is -0.667. The van der Waals surface area contributed by atoms with Gasteiger partial charge in [0.15, 0.2) is 0 Å². The number of nitrogens with one attached hydrogen (secondary N) is 2. The predicted molar refractivity (Wildman–Crippen MR) is 220 cm³/mol. The average Bonchev–Trinajstić information content (AvgIpc) is 3.78. The number of hydrogen-bond donors (Lipinski definition) is 5. The molecule has 2 aromatic heterocycles. The zero-order valence-corrected chi connectivity index (χ0v) is 32.6. The van der Waals surface area contributed by atoms with Crippen LogP contribution in [0.15, 0.2) is 91.0 Å². The fraction of sp³-hybridized carbons (Fsp3) is 0.214. The summed E-state index contributed by atoms with van der Waals surface area (Å²) in [5, 5.41) is 10.6. The molecule has 0 aliphatic rings. The lowest BCUT2D eigenvalue weighted by Crippen LogP contribution is -2.20. The first-order valence-corrected chi connectivity index (χ1v) is 18.3. The zero-order valence-electron chi connectivity index (χ0n) is 32.6. The van der Waals surface area contributed by atoms with E-state index in [0.717, 1.165) is 11.1 Å². The summed E-state index contributed by atoms with van der Waals surface area (Å²) in [5.41, 5.74) is 22.5. The normalized spacial score (nSPS) is 11.1. The molecule has 300 valence electrons. The lowest BCUT2D eigenvalue weighted by molar-refractivity contribution is 0.0991. The largest absolute Gasteiger partial charge is 0.497 e. The molecule has 0 aliphatic heterocycles. The number of ether oxygens (including phenoxy) is 4. The summed E-state index contributed by atoms with van der Waals surface area (Å²) in [7, 11) is 3.18. The average molecular weight is 788 g/mol. The van der Waals surface area contributed by atoms with E-state index in [-0.39, 0.29) is 49.1 Å². The molecule has 2 heterocycles. The van der Waals surface area contributed by atoms with Crippen LogP contribution >= 0.6 is 0 Å². The van der Waals surface area contributed by atoms with Crippen molar-refractivity contribution < 1.29 is 33.3 Å². The van der Waals surface area contributed by atoms with Gasteiger partial charge in [0.2, 0.25) is 17.8 Å². The van der Waals surface area contributed by atoms with E-state index in [1.807, 2.05) is 74.5 Å². The van der Waals surface area contributed by atoms with Gasteiger partial charge >= 0.3 is 0 Å². The van der Waals surface area contributed by atoms with Gasteiger partial charge < -0.3 is 46.0 Å². The molecule has 16 heteroatoms. The highest BCUT2D eigenvalue weighted by Crippen LogP contribution is 2.34. The Hall–Kier alpha value is -7.49. The molecule has 0 unspecified atom stereocenters. The Balaban J connectivity index is 1.29. The number of aryl methyl sites for hydroxylation is 2. The van der Waals surface area contributed by atoms with Crippen LogP contribution < -0.4 is 46.8 Å². The number of methoxy groups -OCH3 is 2. The summed E-state index contributed by atoms with van der Waals surface area (Å²) in [5.74, 6) is 0.554. The summed E-state index contributed by atoms with van der Waals surface area (Å²) in [6.07, 6.45) is 3.72. The second-order valence-corrected chi connectivity index (χ2v) is 13.1. The number of carbonyl (C=O) groups excluding carboxylic acids is 3. The van der Waals surface area contributed by atoms with Gasteiger partial charge in [-0.3, -0.25) is 24.4 Å². The number of amides is 3. The summed E-state index contributed by atoms with van der Waals surface area (Å²) in [6, 6.07) is 22.6. The van der Waals surface area contributed by atoms with Crippen molar-refractivity contribution in [2.75, 3.05) is 37.1 Å². The van der Waals surface area contributed by atoms with Gasteiger partial charge in [-0.2, -0.15) is 5.10 Å². The van der Waals surface area contributed by atoms with Crippen LogP contribution in [0, 0.1) is 6.92 Å². The number of carbonyl (C=O) groups is 3. The molecule has 8 N–H and O–H groups in total. The second-order valence-electron chi connectivity index (χ2n) is 13.1. The number of hydrogen-bond acceptors (Lipinski definition) is 11. The lowest BCUT2D eigenvalue weighted by atomic mass is 10.1. The number of fused-ring (bicyclic) bond motifs is 1. The first kappa shape index (κ1) is 40.2. The molecule has 16 nitrogen and oxygen atoms in total. The molecule has 0 atom stereocenters. The van der Waals surface area contributed by atoms with E-state index in [9.17, 15) is 14.4 Å². The number of nitrogens with two attached hydrogens (primary N) is 3. The van der Waals surface area contributed by atoms with Gasteiger partial charge in [-0.05, 0) is 79.6 Å². The van der Waals surface area contributed by atoms with E-state index in [4.69, 9.17) is 41.1 Å². The van der Waals surface area contributed by atoms with Gasteiger partial charge in [0.05, 0.1) is 31.1 Å². The summed E-state index contributed by atoms with van der Waals surface area (Å²) < 4.78 is 26.3. The number of allylic oxidation sites excluding steroid dienone is 1. The second kappa shape index (κ2) is 18.0. The minimum absolute atomic E-state index is 0.155. The van der Waals surface area contributed by atoms with Crippen molar-refractivity contribution in [3.63, 3.8) is 0 Å². The first-order chi connectivity index (χ1) is 28.0. The van der Waals surface area contributed by atoms with Gasteiger partial charge in [0, 0.05) is 30.8 Å². The highest BCUT2D eigenvalue weighted by atomic mass is 16.5. The topological polar surface area (TPSA) is 226 Å². The number of aromatic nitrogens is 4. The Labute approximate surface area is 334 Å². The zero-order chi connectivity index (χ0) is 41.3. The molecule has 0 radical (unpaired) electrons. The molecule has 0 bridgehead atoms. The van der Waals surface area contributed by atoms with E-state index in [2.05, 4.69) is 15.7 Å². The molecule has 0 aliphatic carbocycles. The highest BCUT2D eigenvalue weighted by molar-refractivity contribution is 6.04. The molecule has 0 spiro atoms. The van der Waals surface area contributed by atoms with Gasteiger partial charge in [-0.1, -0.05) is 36.4 Å². The molecule has 0 fully saturated rings. The van der Waals surface area contributed by atoms with Crippen molar-refractivity contribution in [2.45, 2.75) is 40.2 Å². The van der Waals surface area contributed by atoms with Gasteiger partial charge in [0.25, 0.3) is 5.91 Å². The number of nitrogens with zero attached hydrogens (tertiary/aromatic N) is 4. The SMILES string of the molecule is CCn1nc(C)cc1C(=O)Nc1nc2cc(C(N)=O)cc(OCc3ccc(OC)cc3)c2n1C/C=C/CNc1c(N)cc(C(N)=O)cc1OCc1ccc(OC)cc1. The quantitative estimate of drug-likeness (QED) is 0.0545. The van der Waals surface area contributed by atoms with Gasteiger partial charge in [-0.15, -0.1) is 0 Å². The van der Waals surface area contributed by atoms with Crippen molar-refractivity contribution in [2.24, 2.45) is 11.5 Å². The molecule has 58 heavy (non-hydrogen) atoms. The number of primary amides is 2. The van der Waals surface area contributed by atoms with Crippen molar-refractivity contribution in [1.82, 2.24) is 19.3 Å². The Bertz CT molecular complexity index is 2470. The van der Waals surface area contributed by atoms with Crippen LogP contribution in [-0.4, -0.2) is 57.8 Å². The Morgan fingerprint density at radius 2 is 1.38 bits per heavy atom. The fourth-order valence-electron chi connectivity index (χ4n) is 6.16. The molecular formula is C42H45N9O7. The molecule has 0 saturated heterocycles. The van der Waals surface area contributed by atoms with Crippen molar-refractivity contribution >= 4 is 46.1 Å². The number of nitrogen functional groups attached to an aromatic ring is 1. The van der Waals surface area contributed by atoms with E-state index in [0.29, 0.717) is 57.7 Å². The Morgan fingerprint density at radius 3 is 1.97 bits per heavy atom. The monoisotopic (exact) mass is 787 g/mol. The van der Waals surface area contributed by atoms with E-state index >= 15 is 0 Å². The Morgan fingerprint density at radius 1 is 0.793 bits per heavy atom. The molecule has 0 saturated carbocycles. The smallest absolute Gasteiger partial charge is 0.276 e. The number of anilines is 3. The third-order valence-electron chi connectivity index (χ3n) is 9.13. The molecule has 4 aromatic carbocycles. The maximum Gasteiger partial charge on any atom is 0.276 e. The first-order valence-electron chi connectivity index (χ1n) is 18.3. The van der Waals surface area contributed by atoms with Crippen LogP contribution in [0.3, 0.4) is 0 Å². The Kier molecular flexibility index (Phi) is 12.5. The highest BCUT2D eigenvalue weighted by Gasteiger charge is 2.22. The van der Waals surface area contributed by atoms with E-state index in [1.54, 1.807) is 47.7 Å². The third-order valence-corrected chi connectivity index (χ3v) is 9.13. The summed E-state index contributed by atoms with van der Waals surface area (Å²) >= 11 is 0. The van der Waals surface area contributed by atoms with Crippen LogP contribution in [-0.2, 0) is 26.3 Å². The molecular weight excluding hydrogens is 743 g/mol. The van der Waals surface area contributed by atoms with Crippen LogP contribution in [0.1, 0.15) is 54.9 Å². The number of rotatable bonds is 18. The van der Waals surface area contributed by atoms with Crippen molar-refractivity contribution in [3.8, 4) is 23.0 Å². The maximum atomic E-state index is 13.7. The molecule has 6 aromatic rings. The summed E-state index contributed by atoms with van der Waals surface area (Å²) in [6.45, 7) is 5.03. The molecule has 6 rings (SSSR count). The van der Waals surface area contributed by atoms with E-state index < -0.39 is 17.7 Å². The lowest BCUT2D eigenvalue weighted by Gasteiger charge is -2.16. The predicted octanol–water partition coefficient (Wildman–Crippen LogP) is 5.44. The maximum absolute atomic E-state index is 13.7. The van der Waals surface area contributed by atoms with Gasteiger partial charge in [-0.25, -0.2) is 4.98 Å². The van der Waals surface area contributed by atoms with Crippen LogP contribution in [0.5, 0.6) is 23.0 Å². The standard InChI is InChI=1S/C42H45N9O7/c1-5-51-34(18-25(2)49-51)41(54)48-42-47-33-20-29(40(45)53)22-36(58-24-27-10-14-31(56-4)15-11-27)38(33)50(42)17-7-6-16-46-37-32(43)19-28(39(44)52)21-35(37)57-23-26-8-12-30(55-3)13-9-26/h6-15,18-22,46H,5,16-17,23-24,43H2,1-4H3,(H2,44,52)(H2,45,53)(H,47,48,54)/b7-6+. The summed E-state index contributed by atoms with van der Waals surface area (Å²) in [4.78, 5) is 42.9. The molecule has 3 amide bonds. The van der Waals surface area contributed by atoms with Crippen LogP contribution in [0.25, 0.3) is 11.0 Å². The van der Waals surface area contributed by atoms with Crippen LogP contribution in [0.4, 0.5) is 17.3 Å². The minimum Gasteiger partial charge on any atom is -0.497 e. The van der Waals surface area contributed by atoms with Crippen molar-refractivity contribution in [3.05, 3.63) is 125 Å². The van der Waals surface area contributed by atoms with Crippen LogP contribution in [0.2, 0.25) is 0 Å². The van der Waals surface area contributed by atoms with Gasteiger partial charge in [0.1, 0.15) is 53.1 Å². The third kappa shape index (κ3) is 9.30. The fourth-order valence-corrected chi connectivity index (χ4v) is 6.16. The van der Waals surface area contributed by atoms with E-state index in [1.165, 1.54) is 6.07 Å². The number of benzene rings is 4. The van der Waals surface area contributed by atoms with Crippen molar-refractivity contribution in [1.29, 1.82) is 0 Å². The number of imidazole rings is 1.